The van der Waals surface area contributed by atoms with Gasteiger partial charge in [-0.2, -0.15) is 0 Å². The smallest absolute Gasteiger partial charge is 0.348 e. The third-order valence-corrected chi connectivity index (χ3v) is 15.6. The lowest BCUT2D eigenvalue weighted by molar-refractivity contribution is -0.472. The fraction of sp³-hybridized carbons (Fsp3) is 0.732. The number of cyclic esters (lactones) is 1. The molecule has 17 atom stereocenters. The molecule has 2 N–H and O–H groups in total. The Morgan fingerprint density at radius 2 is 1.51 bits per heavy atom. The summed E-state index contributed by atoms with van der Waals surface area (Å²) < 4.78 is 68.3. The van der Waals surface area contributed by atoms with Crippen molar-refractivity contribution >= 4 is 41.8 Å². The van der Waals surface area contributed by atoms with Gasteiger partial charge in [0.25, 0.3) is 5.97 Å². The number of aliphatic hydroxyl groups excluding tert-OH is 1. The lowest BCUT2D eigenvalue weighted by Crippen LogP contribution is -2.97. The van der Waals surface area contributed by atoms with E-state index >= 15 is 0 Å². The SMILES string of the molecule is COC(=O)[C@H](OC(C)=O)[C@H]1[C@@]2(C)C[C@]3(O)[C@](OC(=O)C(C)C)([C@H]4OC5(C)O[C@@]6([C@H](O)[C@H](OC(C)=O)[C@]78C[C@]7([C@@H](OC(C)=O)C(=O)O[C@H]8c7ccoc7)[C@@]46O5)[C@@]13C)[C@H]2OC(C)=O. The monoisotopic (exact) mass is 860 g/mol. The van der Waals surface area contributed by atoms with Gasteiger partial charge in [-0.25, -0.2) is 9.59 Å². The molecule has 4 heterocycles. The van der Waals surface area contributed by atoms with Crippen LogP contribution in [0.25, 0.3) is 0 Å². The van der Waals surface area contributed by atoms with Crippen LogP contribution in [-0.2, 0) is 80.9 Å². The number of methoxy groups -OCH3 is 1. The fourth-order valence-electron chi connectivity index (χ4n) is 14.4. The van der Waals surface area contributed by atoms with Gasteiger partial charge in [0.1, 0.15) is 41.2 Å². The molecule has 332 valence electrons. The van der Waals surface area contributed by atoms with Gasteiger partial charge in [0.2, 0.25) is 17.8 Å². The summed E-state index contributed by atoms with van der Waals surface area (Å²) in [6, 6.07) is 1.48. The van der Waals surface area contributed by atoms with Crippen LogP contribution in [0, 0.1) is 33.5 Å². The summed E-state index contributed by atoms with van der Waals surface area (Å²) in [5.74, 6) is -11.8. The van der Waals surface area contributed by atoms with Gasteiger partial charge >= 0.3 is 41.8 Å². The van der Waals surface area contributed by atoms with Crippen LogP contribution in [0.5, 0.6) is 0 Å². The van der Waals surface area contributed by atoms with Gasteiger partial charge in [0.15, 0.2) is 6.10 Å². The van der Waals surface area contributed by atoms with Gasteiger partial charge < -0.3 is 62.0 Å². The Morgan fingerprint density at radius 3 is 2.07 bits per heavy atom. The summed E-state index contributed by atoms with van der Waals surface area (Å²) in [6.07, 6.45) is -11.3. The highest BCUT2D eigenvalue weighted by Gasteiger charge is 3.12. The molecule has 20 nitrogen and oxygen atoms in total. The van der Waals surface area contributed by atoms with Crippen molar-refractivity contribution in [1.29, 1.82) is 0 Å². The van der Waals surface area contributed by atoms with Crippen LogP contribution in [0.2, 0.25) is 0 Å². The molecule has 61 heavy (non-hydrogen) atoms. The van der Waals surface area contributed by atoms with E-state index in [0.717, 1.165) is 34.8 Å². The number of hydrogen-bond acceptors (Lipinski definition) is 20. The van der Waals surface area contributed by atoms with E-state index < -0.39 is 153 Å². The first-order chi connectivity index (χ1) is 28.3. The normalized spacial score (nSPS) is 49.1. The third-order valence-electron chi connectivity index (χ3n) is 15.6. The summed E-state index contributed by atoms with van der Waals surface area (Å²) in [5, 5.41) is 27.7. The molecular weight excluding hydrogens is 812 g/mol. The van der Waals surface area contributed by atoms with Crippen LogP contribution < -0.4 is 0 Å². The molecule has 3 aliphatic heterocycles. The van der Waals surface area contributed by atoms with Crippen molar-refractivity contribution in [3.05, 3.63) is 24.2 Å². The van der Waals surface area contributed by atoms with Crippen LogP contribution in [-0.4, -0.2) is 124 Å². The number of esters is 7. The zero-order chi connectivity index (χ0) is 44.6. The van der Waals surface area contributed by atoms with E-state index in [2.05, 4.69) is 0 Å². The van der Waals surface area contributed by atoms with Crippen molar-refractivity contribution in [2.45, 2.75) is 146 Å². The van der Waals surface area contributed by atoms with Gasteiger partial charge in [-0.05, 0) is 18.9 Å². The van der Waals surface area contributed by atoms with E-state index in [9.17, 15) is 43.8 Å². The predicted molar refractivity (Wildman–Crippen MR) is 191 cm³/mol. The van der Waals surface area contributed by atoms with Crippen LogP contribution in [0.4, 0.5) is 0 Å². The second-order valence-electron chi connectivity index (χ2n) is 18.7. The summed E-state index contributed by atoms with van der Waals surface area (Å²) in [4.78, 5) is 96.3. The molecule has 5 saturated carbocycles. The molecule has 3 saturated heterocycles. The Hall–Kier alpha value is -4.63. The van der Waals surface area contributed by atoms with E-state index in [0.29, 0.717) is 0 Å². The highest BCUT2D eigenvalue weighted by molar-refractivity contribution is 5.85. The maximum atomic E-state index is 14.7. The fourth-order valence-corrected chi connectivity index (χ4v) is 14.4. The van der Waals surface area contributed by atoms with Crippen LogP contribution >= 0.6 is 0 Å². The average Bonchev–Trinajstić information content (AvgIpc) is 3.51. The number of ether oxygens (including phenoxy) is 10. The summed E-state index contributed by atoms with van der Waals surface area (Å²) in [6.45, 7) is 11.5. The molecule has 8 fully saturated rings. The molecule has 1 spiro atoms. The Kier molecular flexibility index (Phi) is 8.26. The van der Waals surface area contributed by atoms with Crippen LogP contribution in [0.1, 0.15) is 86.8 Å². The maximum absolute atomic E-state index is 14.7. The zero-order valence-corrected chi connectivity index (χ0v) is 35.1. The van der Waals surface area contributed by atoms with Gasteiger partial charge in [-0.15, -0.1) is 0 Å². The summed E-state index contributed by atoms with van der Waals surface area (Å²) >= 11 is 0. The Bertz CT molecular complexity index is 2190. The topological polar surface area (TPSA) is 265 Å². The Labute approximate surface area is 348 Å². The predicted octanol–water partition coefficient (Wildman–Crippen LogP) is 0.854. The van der Waals surface area contributed by atoms with Crippen molar-refractivity contribution in [2.24, 2.45) is 33.5 Å². The van der Waals surface area contributed by atoms with Crippen molar-refractivity contribution in [1.82, 2.24) is 0 Å². The van der Waals surface area contributed by atoms with Crippen molar-refractivity contribution in [2.75, 3.05) is 7.11 Å². The molecule has 0 amide bonds. The molecule has 5 aliphatic carbocycles. The number of carbonyl (C=O) groups is 7. The summed E-state index contributed by atoms with van der Waals surface area (Å²) in [5.41, 5.74) is -18.1. The highest BCUT2D eigenvalue weighted by atomic mass is 17.0. The lowest BCUT2D eigenvalue weighted by Gasteiger charge is -2.77. The van der Waals surface area contributed by atoms with Crippen molar-refractivity contribution in [3.8, 4) is 0 Å². The number of furan rings is 1. The van der Waals surface area contributed by atoms with E-state index in [-0.39, 0.29) is 12.0 Å². The molecule has 0 radical (unpaired) electrons. The van der Waals surface area contributed by atoms with E-state index in [1.165, 1.54) is 53.2 Å². The highest BCUT2D eigenvalue weighted by Crippen LogP contribution is 2.96. The zero-order valence-electron chi connectivity index (χ0n) is 35.1. The average molecular weight is 861 g/mol. The number of aliphatic hydroxyl groups is 2. The van der Waals surface area contributed by atoms with Gasteiger partial charge in [-0.3, -0.25) is 24.0 Å². The lowest BCUT2D eigenvalue weighted by atomic mass is 9.33. The first-order valence-electron chi connectivity index (χ1n) is 20.0. The second-order valence-corrected chi connectivity index (χ2v) is 18.7. The van der Waals surface area contributed by atoms with E-state index in [1.54, 1.807) is 0 Å². The molecule has 20 heteroatoms. The molecule has 9 rings (SSSR count). The van der Waals surface area contributed by atoms with Gasteiger partial charge in [0, 0.05) is 56.9 Å². The van der Waals surface area contributed by atoms with E-state index in [1.807, 2.05) is 0 Å². The largest absolute Gasteiger partial charge is 0.472 e. The molecule has 1 aromatic heterocycles. The minimum atomic E-state index is -2.64. The maximum Gasteiger partial charge on any atom is 0.348 e. The Morgan fingerprint density at radius 1 is 0.869 bits per heavy atom. The Balaban J connectivity index is 1.48. The minimum Gasteiger partial charge on any atom is -0.472 e. The minimum absolute atomic E-state index is 0.232. The third kappa shape index (κ3) is 4.17. The summed E-state index contributed by atoms with van der Waals surface area (Å²) in [7, 11) is 1.03. The molecule has 0 aromatic carbocycles. The van der Waals surface area contributed by atoms with Gasteiger partial charge in [-0.1, -0.05) is 27.7 Å². The van der Waals surface area contributed by atoms with Crippen molar-refractivity contribution in [3.63, 3.8) is 0 Å². The molecule has 8 aliphatic rings. The van der Waals surface area contributed by atoms with Crippen LogP contribution in [0.15, 0.2) is 23.0 Å². The first kappa shape index (κ1) is 41.7. The second kappa shape index (κ2) is 12.1. The number of fused-ring (bicyclic) bond motifs is 3. The standard InChI is InChI=1S/C41H48O20/c1-16(2)28(47)58-39-31(56-20(6)45)33(7)14-38(39,50)34(8,23(33)22(29(48)51-10)53-17(3)42)40-24(46)26(54-18(4)43)36-15-37(36,41(40)32(39)59-35(9,60-40)61-41)27(55-19(5)44)30(49)57-25(36)21-11-12-52-13-21/h11-13,16,22-27,31-32,46,50H,14-15H2,1-10H3/t22-,23+,24-,25+,26+,27+,31+,32-,33-,34+,35?,36-,37-,38-,39-,40+,41+/m1/s1. The molecule has 1 unspecified atom stereocenters. The first-order valence-corrected chi connectivity index (χ1v) is 20.0. The molecular formula is C41H48O20. The quantitative estimate of drug-likeness (QED) is 0.257. The molecule has 1 aromatic rings. The number of carbonyl (C=O) groups excluding carboxylic acids is 7. The number of hydrogen-bond donors (Lipinski definition) is 2. The van der Waals surface area contributed by atoms with Gasteiger partial charge in [0.05, 0.1) is 36.4 Å². The van der Waals surface area contributed by atoms with Crippen LogP contribution in [0.3, 0.4) is 0 Å². The van der Waals surface area contributed by atoms with Crippen molar-refractivity contribution < 1.29 is 95.6 Å². The van der Waals surface area contributed by atoms with E-state index in [4.69, 9.17) is 51.8 Å². The number of rotatable bonds is 9. The molecule has 4 bridgehead atoms.